The number of likely N-dealkylation sites (tertiary alicyclic amines) is 1. The van der Waals surface area contributed by atoms with Crippen molar-refractivity contribution in [3.8, 4) is 0 Å². The second-order valence-electron chi connectivity index (χ2n) is 3.63. The van der Waals surface area contributed by atoms with Crippen LogP contribution in [0.5, 0.6) is 0 Å². The third-order valence-electron chi connectivity index (χ3n) is 2.84. The summed E-state index contributed by atoms with van der Waals surface area (Å²) in [6.45, 7) is 3.61. The fourth-order valence-electron chi connectivity index (χ4n) is 2.00. The highest BCUT2D eigenvalue weighted by Crippen LogP contribution is 2.32. The van der Waals surface area contributed by atoms with Gasteiger partial charge in [-0.3, -0.25) is 14.5 Å². The van der Waals surface area contributed by atoms with Crippen molar-refractivity contribution in [2.45, 2.75) is 18.5 Å². The van der Waals surface area contributed by atoms with Crippen LogP contribution in [0.3, 0.4) is 0 Å². The van der Waals surface area contributed by atoms with Gasteiger partial charge in [0.1, 0.15) is 6.04 Å². The maximum Gasteiger partial charge on any atom is 0.326 e. The molecule has 0 aromatic rings. The monoisotopic (exact) mass is 263 g/mol. The number of carbonyl (C=O) groups is 2. The molecule has 0 bridgehead atoms. The van der Waals surface area contributed by atoms with Crippen LogP contribution in [-0.2, 0) is 14.1 Å². The number of hydrogen-bond donors (Lipinski definition) is 1. The molecule has 0 aromatic carbocycles. The molecule has 0 amide bonds. The Balaban J connectivity index is 2.81. The Hall–Kier alpha value is -0.500. The highest BCUT2D eigenvalue weighted by molar-refractivity contribution is 8.00. The maximum absolute atomic E-state index is 11.6. The molecule has 7 heteroatoms. The van der Waals surface area contributed by atoms with Gasteiger partial charge in [0.2, 0.25) is 0 Å². The quantitative estimate of drug-likeness (QED) is 0.602. The van der Waals surface area contributed by atoms with Crippen LogP contribution in [-0.4, -0.2) is 41.1 Å². The van der Waals surface area contributed by atoms with E-state index in [1.807, 2.05) is 0 Å². The molecule has 1 aliphatic heterocycles. The van der Waals surface area contributed by atoms with Crippen LogP contribution in [0.2, 0.25) is 0 Å². The Morgan fingerprint density at radius 1 is 1.69 bits per heavy atom. The predicted molar refractivity (Wildman–Crippen MR) is 65.4 cm³/mol. The molecule has 5 nitrogen and oxygen atoms in total. The lowest BCUT2D eigenvalue weighted by Crippen LogP contribution is -2.38. The second-order valence-corrected chi connectivity index (χ2v) is 4.77. The summed E-state index contributed by atoms with van der Waals surface area (Å²) in [4.78, 5) is 24.3. The molecule has 1 rings (SSSR count). The molecule has 1 heterocycles. The molecule has 1 N–H and O–H groups in total. The van der Waals surface area contributed by atoms with Crippen molar-refractivity contribution in [3.05, 3.63) is 12.7 Å². The minimum Gasteiger partial charge on any atom is -0.481 e. The summed E-state index contributed by atoms with van der Waals surface area (Å²) >= 11 is 0. The summed E-state index contributed by atoms with van der Waals surface area (Å²) in [7, 11) is 4.04. The van der Waals surface area contributed by atoms with Gasteiger partial charge in [0.15, 0.2) is 0 Å². The van der Waals surface area contributed by atoms with Gasteiger partial charge >= 0.3 is 11.9 Å². The molecule has 16 heavy (non-hydrogen) atoms. The molecule has 5 unspecified atom stereocenters. The van der Waals surface area contributed by atoms with Gasteiger partial charge in [-0.2, -0.15) is 0 Å². The summed E-state index contributed by atoms with van der Waals surface area (Å²) in [6, 6.07) is -0.806. The fraction of sp³-hybridized carbons (Fsp3) is 0.556. The highest BCUT2D eigenvalue weighted by Gasteiger charge is 2.45. The van der Waals surface area contributed by atoms with Gasteiger partial charge < -0.3 is 9.63 Å². The Bertz CT molecular complexity index is 310. The van der Waals surface area contributed by atoms with Gasteiger partial charge in [-0.1, -0.05) is 15.0 Å². The van der Waals surface area contributed by atoms with Gasteiger partial charge in [0.05, 0.1) is 14.4 Å². The first-order chi connectivity index (χ1) is 7.52. The lowest BCUT2D eigenvalue weighted by Gasteiger charge is -2.22. The first-order valence-electron chi connectivity index (χ1n) is 4.76. The number of likely N-dealkylation sites (N-methyl/N-ethyl adjacent to an activating group) is 1. The molecule has 5 atom stereocenters. The van der Waals surface area contributed by atoms with E-state index in [1.165, 1.54) is 0 Å². The number of nitrogens with zero attached hydrogens (tertiary/aromatic N) is 1. The zero-order valence-corrected chi connectivity index (χ0v) is 11.1. The van der Waals surface area contributed by atoms with E-state index >= 15 is 0 Å². The third-order valence-corrected chi connectivity index (χ3v) is 3.51. The zero-order valence-electron chi connectivity index (χ0n) is 8.92. The van der Waals surface area contributed by atoms with Crippen molar-refractivity contribution >= 4 is 29.4 Å². The average Bonchev–Trinajstić information content (AvgIpc) is 2.55. The van der Waals surface area contributed by atoms with E-state index in [1.54, 1.807) is 18.0 Å². The van der Waals surface area contributed by atoms with E-state index in [9.17, 15) is 9.59 Å². The highest BCUT2D eigenvalue weighted by atomic mass is 32.0. The van der Waals surface area contributed by atoms with Gasteiger partial charge in [-0.25, -0.2) is 0 Å². The van der Waals surface area contributed by atoms with Crippen molar-refractivity contribution in [3.63, 3.8) is 0 Å². The first-order valence-corrected chi connectivity index (χ1v) is 7.48. The van der Waals surface area contributed by atoms with Crippen LogP contribution in [0, 0.1) is 5.92 Å². The molecule has 0 aliphatic carbocycles. The topological polar surface area (TPSA) is 66.8 Å². The zero-order chi connectivity index (χ0) is 12.3. The molecule has 1 fully saturated rings. The van der Waals surface area contributed by atoms with E-state index < -0.39 is 17.9 Å². The predicted octanol–water partition coefficient (Wildman–Crippen LogP) is 0.873. The Labute approximate surface area is 98.2 Å². The van der Waals surface area contributed by atoms with Crippen molar-refractivity contribution in [1.82, 2.24) is 4.90 Å². The van der Waals surface area contributed by atoms with Crippen LogP contribution in [0.15, 0.2) is 12.7 Å². The average molecular weight is 263 g/mol. The van der Waals surface area contributed by atoms with Crippen LogP contribution in [0.1, 0.15) is 6.42 Å². The lowest BCUT2D eigenvalue weighted by atomic mass is 9.99. The third kappa shape index (κ3) is 2.60. The summed E-state index contributed by atoms with van der Waals surface area (Å²) in [5.41, 5.74) is 0. The number of carboxylic acids is 1. The van der Waals surface area contributed by atoms with Crippen molar-refractivity contribution in [2.75, 3.05) is 7.05 Å². The van der Waals surface area contributed by atoms with Crippen molar-refractivity contribution < 1.29 is 19.2 Å². The van der Waals surface area contributed by atoms with Crippen LogP contribution in [0.4, 0.5) is 0 Å². The molecule has 0 radical (unpaired) electrons. The standard InChI is InChI=1S/C9H15NO4P2/c1-3-6-5(8(11)12)4-7(10(6)2)9(13)14-16-15/h3,5-7,16H,1,4,15H2,2H3,(H,11,12). The summed E-state index contributed by atoms with van der Waals surface area (Å²) in [6.07, 6.45) is 1.84. The Morgan fingerprint density at radius 2 is 2.31 bits per heavy atom. The van der Waals surface area contributed by atoms with Gasteiger partial charge in [-0.15, -0.1) is 6.58 Å². The largest absolute Gasteiger partial charge is 0.481 e. The maximum atomic E-state index is 11.6. The minimum absolute atomic E-state index is 0.00110. The van der Waals surface area contributed by atoms with E-state index in [0.717, 1.165) is 0 Å². The minimum atomic E-state index is -0.902. The van der Waals surface area contributed by atoms with E-state index in [0.29, 0.717) is 0 Å². The molecule has 1 aliphatic rings. The number of aliphatic carboxylic acids is 1. The smallest absolute Gasteiger partial charge is 0.326 e. The first kappa shape index (κ1) is 13.6. The summed E-state index contributed by atoms with van der Waals surface area (Å²) < 4.78 is 4.90. The van der Waals surface area contributed by atoms with Gasteiger partial charge in [0.25, 0.3) is 0 Å². The molecule has 90 valence electrons. The molecule has 0 spiro atoms. The van der Waals surface area contributed by atoms with Crippen molar-refractivity contribution in [2.24, 2.45) is 5.92 Å². The van der Waals surface area contributed by atoms with E-state index in [4.69, 9.17) is 9.63 Å². The molecular formula is C9H15NO4P2. The molecule has 0 aromatic heterocycles. The Kier molecular flexibility index (Phi) is 4.85. The van der Waals surface area contributed by atoms with Gasteiger partial charge in [-0.05, 0) is 13.5 Å². The number of hydrogen-bond acceptors (Lipinski definition) is 4. The number of rotatable bonds is 4. The second kappa shape index (κ2) is 5.72. The van der Waals surface area contributed by atoms with E-state index in [2.05, 4.69) is 15.5 Å². The number of carboxylic acid groups (broad SMARTS) is 1. The molecule has 1 saturated heterocycles. The van der Waals surface area contributed by atoms with Crippen molar-refractivity contribution in [1.29, 1.82) is 0 Å². The Morgan fingerprint density at radius 3 is 2.69 bits per heavy atom. The summed E-state index contributed by atoms with van der Waals surface area (Å²) in [5.74, 6) is -1.86. The van der Waals surface area contributed by atoms with Gasteiger partial charge in [0, 0.05) is 6.04 Å². The lowest BCUT2D eigenvalue weighted by molar-refractivity contribution is -0.141. The number of carbonyl (C=O) groups excluding carboxylic acids is 1. The SMILES string of the molecule is C=CC1C(C(=O)O)CC(C(=O)OPP)N1C. The van der Waals surface area contributed by atoms with Crippen LogP contribution in [0.25, 0.3) is 0 Å². The fourth-order valence-corrected chi connectivity index (χ4v) is 2.60. The molecule has 0 saturated carbocycles. The van der Waals surface area contributed by atoms with Crippen LogP contribution >= 0.6 is 17.4 Å². The van der Waals surface area contributed by atoms with Crippen LogP contribution < -0.4 is 0 Å². The molecular weight excluding hydrogens is 248 g/mol. The normalized spacial score (nSPS) is 30.8. The summed E-state index contributed by atoms with van der Waals surface area (Å²) in [5, 5.41) is 9.03. The van der Waals surface area contributed by atoms with E-state index in [-0.39, 0.29) is 26.9 Å².